The van der Waals surface area contributed by atoms with Gasteiger partial charge < -0.3 is 10.2 Å². The van der Waals surface area contributed by atoms with Gasteiger partial charge in [-0.15, -0.1) is 10.2 Å². The molecule has 0 saturated carbocycles. The first-order valence-corrected chi connectivity index (χ1v) is 9.76. The molecule has 1 amide bonds. The molecule has 0 spiro atoms. The van der Waals surface area contributed by atoms with Crippen molar-refractivity contribution < 1.29 is 18.0 Å². The van der Waals surface area contributed by atoms with Crippen LogP contribution in [0.4, 0.5) is 30.5 Å². The van der Waals surface area contributed by atoms with Gasteiger partial charge in [0.15, 0.2) is 5.16 Å². The number of para-hydroxylation sites is 1. The highest BCUT2D eigenvalue weighted by molar-refractivity contribution is 7.99. The van der Waals surface area contributed by atoms with Crippen LogP contribution in [0.15, 0.2) is 59.8 Å². The molecule has 10 heteroatoms. The van der Waals surface area contributed by atoms with Gasteiger partial charge in [0, 0.05) is 24.5 Å². The first-order valence-electron chi connectivity index (χ1n) is 8.77. The molecule has 0 atom stereocenters. The standard InChI is InChI=1S/C19H16F3N5OS/c20-19(21,22)13-6-8-14(9-7-13)23-16(28)12-29-18-25-24-17-26(10-11-27(17)18)15-4-2-1-3-5-15/h1-9H,10-12H2,(H,23,28). The van der Waals surface area contributed by atoms with E-state index in [1.807, 2.05) is 34.9 Å². The minimum atomic E-state index is -4.40. The van der Waals surface area contributed by atoms with Crippen molar-refractivity contribution >= 4 is 35.0 Å². The number of nitrogens with one attached hydrogen (secondary N) is 1. The molecule has 150 valence electrons. The van der Waals surface area contributed by atoms with Crippen LogP contribution >= 0.6 is 11.8 Å². The normalized spacial score (nSPS) is 13.4. The Morgan fingerprint density at radius 3 is 2.45 bits per heavy atom. The molecular weight excluding hydrogens is 403 g/mol. The maximum absolute atomic E-state index is 12.6. The van der Waals surface area contributed by atoms with Crippen LogP contribution in [0.2, 0.25) is 0 Å². The van der Waals surface area contributed by atoms with E-state index < -0.39 is 11.7 Å². The van der Waals surface area contributed by atoms with Crippen LogP contribution in [0.1, 0.15) is 5.56 Å². The van der Waals surface area contributed by atoms with Gasteiger partial charge >= 0.3 is 6.18 Å². The summed E-state index contributed by atoms with van der Waals surface area (Å²) >= 11 is 1.24. The van der Waals surface area contributed by atoms with Crippen molar-refractivity contribution in [3.8, 4) is 0 Å². The molecule has 0 unspecified atom stereocenters. The van der Waals surface area contributed by atoms with E-state index in [-0.39, 0.29) is 11.7 Å². The lowest BCUT2D eigenvalue weighted by molar-refractivity contribution is -0.137. The van der Waals surface area contributed by atoms with Crippen LogP contribution in [0, 0.1) is 0 Å². The smallest absolute Gasteiger partial charge is 0.325 e. The van der Waals surface area contributed by atoms with Crippen LogP contribution in [0.5, 0.6) is 0 Å². The van der Waals surface area contributed by atoms with Gasteiger partial charge in [-0.3, -0.25) is 9.36 Å². The number of hydrogen-bond acceptors (Lipinski definition) is 5. The lowest BCUT2D eigenvalue weighted by atomic mass is 10.2. The van der Waals surface area contributed by atoms with Gasteiger partial charge in [-0.2, -0.15) is 13.2 Å². The van der Waals surface area contributed by atoms with E-state index >= 15 is 0 Å². The van der Waals surface area contributed by atoms with Crippen LogP contribution in [0.25, 0.3) is 0 Å². The monoisotopic (exact) mass is 419 g/mol. The molecule has 2 heterocycles. The van der Waals surface area contributed by atoms with E-state index in [0.29, 0.717) is 17.4 Å². The number of carbonyl (C=O) groups is 1. The lowest BCUT2D eigenvalue weighted by Gasteiger charge is -2.14. The predicted molar refractivity (Wildman–Crippen MR) is 104 cm³/mol. The van der Waals surface area contributed by atoms with Crippen molar-refractivity contribution in [2.45, 2.75) is 17.9 Å². The second-order valence-corrected chi connectivity index (χ2v) is 7.28. The van der Waals surface area contributed by atoms with Crippen LogP contribution in [0.3, 0.4) is 0 Å². The van der Waals surface area contributed by atoms with E-state index in [9.17, 15) is 18.0 Å². The number of alkyl halides is 3. The summed E-state index contributed by atoms with van der Waals surface area (Å²) in [5, 5.41) is 11.6. The molecule has 6 nitrogen and oxygen atoms in total. The maximum Gasteiger partial charge on any atom is 0.416 e. The van der Waals surface area contributed by atoms with E-state index in [1.165, 1.54) is 23.9 Å². The summed E-state index contributed by atoms with van der Waals surface area (Å²) in [6.45, 7) is 1.47. The van der Waals surface area contributed by atoms with Crippen molar-refractivity contribution in [3.63, 3.8) is 0 Å². The molecule has 0 radical (unpaired) electrons. The molecule has 1 N–H and O–H groups in total. The Morgan fingerprint density at radius 2 is 1.76 bits per heavy atom. The molecule has 4 rings (SSSR count). The fraction of sp³-hybridized carbons (Fsp3) is 0.211. The molecule has 0 aliphatic carbocycles. The van der Waals surface area contributed by atoms with Gasteiger partial charge in [-0.1, -0.05) is 30.0 Å². The molecule has 0 bridgehead atoms. The predicted octanol–water partition coefficient (Wildman–Crippen LogP) is 4.18. The fourth-order valence-corrected chi connectivity index (χ4v) is 3.77. The third-order valence-electron chi connectivity index (χ3n) is 4.38. The zero-order valence-corrected chi connectivity index (χ0v) is 15.9. The quantitative estimate of drug-likeness (QED) is 0.629. The maximum atomic E-state index is 12.6. The van der Waals surface area contributed by atoms with Crippen molar-refractivity contribution in [2.24, 2.45) is 0 Å². The summed E-state index contributed by atoms with van der Waals surface area (Å²) in [7, 11) is 0. The SMILES string of the molecule is O=C(CSc1nnc2n1CCN2c1ccccc1)Nc1ccc(C(F)(F)F)cc1. The Kier molecular flexibility index (Phi) is 5.18. The molecule has 2 aromatic carbocycles. The third kappa shape index (κ3) is 4.21. The van der Waals surface area contributed by atoms with Crippen molar-refractivity contribution in [3.05, 3.63) is 60.2 Å². The molecular formula is C19H16F3N5OS. The summed E-state index contributed by atoms with van der Waals surface area (Å²) in [4.78, 5) is 14.2. The number of amides is 1. The minimum Gasteiger partial charge on any atom is -0.325 e. The molecule has 1 aromatic heterocycles. The van der Waals surface area contributed by atoms with E-state index in [1.54, 1.807) is 0 Å². The van der Waals surface area contributed by atoms with Gasteiger partial charge in [0.2, 0.25) is 11.9 Å². The number of benzene rings is 2. The second kappa shape index (κ2) is 7.78. The van der Waals surface area contributed by atoms with Gasteiger partial charge in [0.05, 0.1) is 11.3 Å². The first kappa shape index (κ1) is 19.3. The van der Waals surface area contributed by atoms with Gasteiger partial charge in [-0.05, 0) is 36.4 Å². The highest BCUT2D eigenvalue weighted by atomic mass is 32.2. The topological polar surface area (TPSA) is 63.1 Å². The number of nitrogens with zero attached hydrogens (tertiary/aromatic N) is 4. The fourth-order valence-electron chi connectivity index (χ4n) is 3.01. The Morgan fingerprint density at radius 1 is 1.03 bits per heavy atom. The van der Waals surface area contributed by atoms with Crippen LogP contribution < -0.4 is 10.2 Å². The average Bonchev–Trinajstić information content (AvgIpc) is 3.29. The largest absolute Gasteiger partial charge is 0.416 e. The van der Waals surface area contributed by atoms with Crippen molar-refractivity contribution in [1.82, 2.24) is 14.8 Å². The van der Waals surface area contributed by atoms with Crippen molar-refractivity contribution in [1.29, 1.82) is 0 Å². The summed E-state index contributed by atoms with van der Waals surface area (Å²) in [6.07, 6.45) is -4.40. The summed E-state index contributed by atoms with van der Waals surface area (Å²) in [5.41, 5.74) is 0.576. The molecule has 0 saturated heterocycles. The second-order valence-electron chi connectivity index (χ2n) is 6.33. The van der Waals surface area contributed by atoms with E-state index in [4.69, 9.17) is 0 Å². The molecule has 0 fully saturated rings. The number of thioether (sulfide) groups is 1. The summed E-state index contributed by atoms with van der Waals surface area (Å²) < 4.78 is 39.7. The number of rotatable bonds is 5. The van der Waals surface area contributed by atoms with Gasteiger partial charge in [0.1, 0.15) is 0 Å². The molecule has 1 aliphatic heterocycles. The molecule has 1 aliphatic rings. The highest BCUT2D eigenvalue weighted by Crippen LogP contribution is 2.32. The van der Waals surface area contributed by atoms with Gasteiger partial charge in [-0.25, -0.2) is 0 Å². The highest BCUT2D eigenvalue weighted by Gasteiger charge is 2.30. The summed E-state index contributed by atoms with van der Waals surface area (Å²) in [6, 6.07) is 14.2. The number of hydrogen-bond donors (Lipinski definition) is 1. The van der Waals surface area contributed by atoms with Gasteiger partial charge in [0.25, 0.3) is 0 Å². The Balaban J connectivity index is 1.36. The number of anilines is 3. The molecule has 29 heavy (non-hydrogen) atoms. The zero-order valence-electron chi connectivity index (χ0n) is 15.1. The number of halogens is 3. The Hall–Kier alpha value is -3.01. The van der Waals surface area contributed by atoms with Crippen molar-refractivity contribution in [2.75, 3.05) is 22.5 Å². The summed E-state index contributed by atoms with van der Waals surface area (Å²) in [5.74, 6) is 0.469. The number of aromatic nitrogens is 3. The molecule has 3 aromatic rings. The van der Waals surface area contributed by atoms with E-state index in [2.05, 4.69) is 20.4 Å². The lowest BCUT2D eigenvalue weighted by Crippen LogP contribution is -2.15. The Labute approximate surface area is 168 Å². The zero-order chi connectivity index (χ0) is 20.4. The Bertz CT molecular complexity index is 1000. The van der Waals surface area contributed by atoms with Crippen LogP contribution in [-0.2, 0) is 17.5 Å². The minimum absolute atomic E-state index is 0.0739. The van der Waals surface area contributed by atoms with E-state index in [0.717, 1.165) is 30.3 Å². The average molecular weight is 419 g/mol. The third-order valence-corrected chi connectivity index (χ3v) is 5.35. The first-order chi connectivity index (χ1) is 13.9. The number of carbonyl (C=O) groups excluding carboxylic acids is 1. The number of fused-ring (bicyclic) bond motifs is 1. The van der Waals surface area contributed by atoms with Crippen LogP contribution in [-0.4, -0.2) is 33.0 Å².